The smallest absolute Gasteiger partial charge is 0.257 e. The van der Waals surface area contributed by atoms with Crippen LogP contribution >= 0.6 is 12.2 Å². The number of nitrogens with one attached hydrogen (secondary N) is 1. The predicted octanol–water partition coefficient (Wildman–Crippen LogP) is 0.991. The molecule has 0 aliphatic rings. The van der Waals surface area contributed by atoms with Gasteiger partial charge in [-0.2, -0.15) is 0 Å². The van der Waals surface area contributed by atoms with Crippen LogP contribution in [0.25, 0.3) is 0 Å². The molecular formula is C13H17FN2O3S. The van der Waals surface area contributed by atoms with Gasteiger partial charge in [0.05, 0.1) is 0 Å². The van der Waals surface area contributed by atoms with E-state index in [1.807, 2.05) is 0 Å². The Kier molecular flexibility index (Phi) is 6.89. The Balaban J connectivity index is 2.40. The molecule has 0 atom stereocenters. The minimum Gasteiger partial charge on any atom is -0.484 e. The molecule has 0 heterocycles. The molecule has 0 fully saturated rings. The second-order valence-corrected chi connectivity index (χ2v) is 4.43. The third kappa shape index (κ3) is 5.50. The average molecular weight is 300 g/mol. The fourth-order valence-corrected chi connectivity index (χ4v) is 1.60. The minimum absolute atomic E-state index is 0.0232. The molecule has 3 N–H and O–H groups in total. The lowest BCUT2D eigenvalue weighted by molar-refractivity contribution is -0.123. The molecule has 0 saturated heterocycles. The molecule has 110 valence electrons. The number of ether oxygens (including phenoxy) is 2. The molecule has 5 nitrogen and oxygen atoms in total. The van der Waals surface area contributed by atoms with Crippen molar-refractivity contribution >= 4 is 23.1 Å². The number of hydrogen-bond acceptors (Lipinski definition) is 4. The van der Waals surface area contributed by atoms with Gasteiger partial charge in [0.2, 0.25) is 0 Å². The lowest BCUT2D eigenvalue weighted by Gasteiger charge is -2.08. The van der Waals surface area contributed by atoms with Gasteiger partial charge in [-0.25, -0.2) is 4.39 Å². The van der Waals surface area contributed by atoms with E-state index in [0.717, 1.165) is 12.5 Å². The highest BCUT2D eigenvalue weighted by atomic mass is 32.1. The fraction of sp³-hybridized carbons (Fsp3) is 0.385. The van der Waals surface area contributed by atoms with Gasteiger partial charge in [-0.05, 0) is 18.6 Å². The Morgan fingerprint density at radius 1 is 1.50 bits per heavy atom. The van der Waals surface area contributed by atoms with E-state index < -0.39 is 5.82 Å². The van der Waals surface area contributed by atoms with Crippen molar-refractivity contribution in [2.24, 2.45) is 5.73 Å². The van der Waals surface area contributed by atoms with Crippen LogP contribution in [0, 0.1) is 5.82 Å². The number of rotatable bonds is 8. The molecule has 0 spiro atoms. The molecule has 1 aromatic rings. The summed E-state index contributed by atoms with van der Waals surface area (Å²) in [6.45, 7) is 0.899. The Bertz CT molecular complexity index is 483. The molecular weight excluding hydrogens is 283 g/mol. The zero-order valence-electron chi connectivity index (χ0n) is 11.1. The first kappa shape index (κ1) is 16.3. The van der Waals surface area contributed by atoms with E-state index in [2.05, 4.69) is 5.32 Å². The van der Waals surface area contributed by atoms with Crippen molar-refractivity contribution in [1.29, 1.82) is 0 Å². The molecule has 7 heteroatoms. The Hall–Kier alpha value is -1.73. The van der Waals surface area contributed by atoms with E-state index in [9.17, 15) is 9.18 Å². The average Bonchev–Trinajstić information content (AvgIpc) is 2.41. The van der Waals surface area contributed by atoms with Crippen LogP contribution in [0.2, 0.25) is 0 Å². The maximum Gasteiger partial charge on any atom is 0.257 e. The van der Waals surface area contributed by atoms with E-state index in [0.29, 0.717) is 13.2 Å². The van der Waals surface area contributed by atoms with Crippen LogP contribution in [0.15, 0.2) is 18.2 Å². The molecule has 0 aromatic heterocycles. The number of halogens is 1. The molecule has 0 aliphatic heterocycles. The standard InChI is InChI=1S/C13H17FN2O3S/c1-18-6-2-5-16-12(17)8-19-9-3-4-10(13(15)20)11(14)7-9/h3-4,7H,2,5-6,8H2,1H3,(H2,15,20)(H,16,17). The number of hydrogen-bond donors (Lipinski definition) is 2. The molecule has 1 amide bonds. The molecule has 1 aromatic carbocycles. The minimum atomic E-state index is -0.574. The zero-order valence-corrected chi connectivity index (χ0v) is 12.0. The second-order valence-electron chi connectivity index (χ2n) is 3.99. The van der Waals surface area contributed by atoms with Gasteiger partial charge < -0.3 is 20.5 Å². The number of amides is 1. The molecule has 0 aliphatic carbocycles. The summed E-state index contributed by atoms with van der Waals surface area (Å²) < 4.78 is 23.6. The van der Waals surface area contributed by atoms with Crippen LogP contribution in [0.1, 0.15) is 12.0 Å². The maximum atomic E-state index is 13.6. The number of thiocarbonyl (C=S) groups is 1. The second kappa shape index (κ2) is 8.44. The van der Waals surface area contributed by atoms with E-state index in [1.165, 1.54) is 12.1 Å². The van der Waals surface area contributed by atoms with Gasteiger partial charge in [-0.15, -0.1) is 0 Å². The van der Waals surface area contributed by atoms with E-state index >= 15 is 0 Å². The van der Waals surface area contributed by atoms with Crippen LogP contribution in [0.5, 0.6) is 5.75 Å². The summed E-state index contributed by atoms with van der Waals surface area (Å²) in [5.74, 6) is -0.607. The van der Waals surface area contributed by atoms with Crippen molar-refractivity contribution in [3.63, 3.8) is 0 Å². The number of methoxy groups -OCH3 is 1. The normalized spacial score (nSPS) is 10.1. The lowest BCUT2D eigenvalue weighted by atomic mass is 10.2. The summed E-state index contributed by atoms with van der Waals surface area (Å²) in [6.07, 6.45) is 0.722. The van der Waals surface area contributed by atoms with Crippen LogP contribution in [-0.4, -0.2) is 37.8 Å². The zero-order chi connectivity index (χ0) is 15.0. The highest BCUT2D eigenvalue weighted by molar-refractivity contribution is 7.80. The largest absolute Gasteiger partial charge is 0.484 e. The van der Waals surface area contributed by atoms with Gasteiger partial charge in [-0.3, -0.25) is 4.79 Å². The Labute approximate surface area is 122 Å². The van der Waals surface area contributed by atoms with Gasteiger partial charge in [0.1, 0.15) is 16.6 Å². The molecule has 0 saturated carbocycles. The summed E-state index contributed by atoms with van der Waals surface area (Å²) in [4.78, 5) is 11.4. The summed E-state index contributed by atoms with van der Waals surface area (Å²) in [5, 5.41) is 2.65. The monoisotopic (exact) mass is 300 g/mol. The van der Waals surface area contributed by atoms with Crippen molar-refractivity contribution in [3.05, 3.63) is 29.6 Å². The Morgan fingerprint density at radius 2 is 2.25 bits per heavy atom. The van der Waals surface area contributed by atoms with Crippen molar-refractivity contribution in [2.75, 3.05) is 26.9 Å². The molecule has 20 heavy (non-hydrogen) atoms. The van der Waals surface area contributed by atoms with Gasteiger partial charge >= 0.3 is 0 Å². The highest BCUT2D eigenvalue weighted by Crippen LogP contribution is 2.16. The fourth-order valence-electron chi connectivity index (χ4n) is 1.43. The summed E-state index contributed by atoms with van der Waals surface area (Å²) in [6, 6.07) is 4.08. The summed E-state index contributed by atoms with van der Waals surface area (Å²) in [7, 11) is 1.59. The van der Waals surface area contributed by atoms with Crippen molar-refractivity contribution in [2.45, 2.75) is 6.42 Å². The van der Waals surface area contributed by atoms with E-state index in [1.54, 1.807) is 7.11 Å². The van der Waals surface area contributed by atoms with Gasteiger partial charge in [0, 0.05) is 31.9 Å². The summed E-state index contributed by atoms with van der Waals surface area (Å²) in [5.41, 5.74) is 5.49. The number of benzene rings is 1. The third-order valence-corrected chi connectivity index (χ3v) is 2.64. The quantitative estimate of drug-likeness (QED) is 0.553. The molecule has 1 rings (SSSR count). The van der Waals surface area contributed by atoms with Gasteiger partial charge in [-0.1, -0.05) is 12.2 Å². The lowest BCUT2D eigenvalue weighted by Crippen LogP contribution is -2.30. The van der Waals surface area contributed by atoms with E-state index in [4.69, 9.17) is 27.4 Å². The van der Waals surface area contributed by atoms with Crippen LogP contribution in [0.4, 0.5) is 4.39 Å². The number of carbonyl (C=O) groups is 1. The summed E-state index contributed by atoms with van der Waals surface area (Å²) >= 11 is 4.69. The molecule has 0 bridgehead atoms. The van der Waals surface area contributed by atoms with Crippen molar-refractivity contribution in [3.8, 4) is 5.75 Å². The van der Waals surface area contributed by atoms with Crippen molar-refractivity contribution < 1.29 is 18.7 Å². The predicted molar refractivity (Wildman–Crippen MR) is 77.3 cm³/mol. The molecule has 0 unspecified atom stereocenters. The molecule has 0 radical (unpaired) electrons. The SMILES string of the molecule is COCCCNC(=O)COc1ccc(C(N)=S)c(F)c1. The van der Waals surface area contributed by atoms with Gasteiger partial charge in [0.25, 0.3) is 5.91 Å². The topological polar surface area (TPSA) is 73.6 Å². The van der Waals surface area contributed by atoms with Crippen molar-refractivity contribution in [1.82, 2.24) is 5.32 Å². The van der Waals surface area contributed by atoms with E-state index in [-0.39, 0.29) is 28.8 Å². The number of nitrogens with two attached hydrogens (primary N) is 1. The third-order valence-electron chi connectivity index (χ3n) is 2.42. The van der Waals surface area contributed by atoms with Crippen LogP contribution in [0.3, 0.4) is 0 Å². The highest BCUT2D eigenvalue weighted by Gasteiger charge is 2.08. The van der Waals surface area contributed by atoms with Crippen LogP contribution in [-0.2, 0) is 9.53 Å². The number of carbonyl (C=O) groups excluding carboxylic acids is 1. The maximum absolute atomic E-state index is 13.6. The first-order chi connectivity index (χ1) is 9.54. The Morgan fingerprint density at radius 3 is 2.85 bits per heavy atom. The van der Waals surface area contributed by atoms with Crippen LogP contribution < -0.4 is 15.8 Å². The van der Waals surface area contributed by atoms with Gasteiger partial charge in [0.15, 0.2) is 6.61 Å². The first-order valence-corrected chi connectivity index (χ1v) is 6.43. The first-order valence-electron chi connectivity index (χ1n) is 6.02.